The number of aromatic nitrogens is 3. The lowest BCUT2D eigenvalue weighted by atomic mass is 9.88. The van der Waals surface area contributed by atoms with E-state index in [1.807, 2.05) is 72.9 Å². The highest BCUT2D eigenvalue weighted by Crippen LogP contribution is 2.39. The molecule has 3 aromatic heterocycles. The number of hydrogen-bond donors (Lipinski definition) is 0. The first-order valence-corrected chi connectivity index (χ1v) is 12.5. The molecule has 6 aromatic rings. The van der Waals surface area contributed by atoms with E-state index in [1.54, 1.807) is 6.20 Å². The molecule has 5 heteroatoms. The number of hydrogen-bond acceptors (Lipinski definition) is 3. The SMILES string of the molecule is [C-]#[N+]c1cccc2c3ccc(Oc4cccc(-c5ccccn5)c4)cc3n(-c3cc(C(C)(C)C)ccn3)c12. The summed E-state index contributed by atoms with van der Waals surface area (Å²) in [4.78, 5) is 13.0. The van der Waals surface area contributed by atoms with Gasteiger partial charge in [-0.05, 0) is 64.9 Å². The zero-order valence-corrected chi connectivity index (χ0v) is 21.5. The molecule has 0 spiro atoms. The van der Waals surface area contributed by atoms with E-state index in [2.05, 4.69) is 59.4 Å². The van der Waals surface area contributed by atoms with Gasteiger partial charge in [-0.15, -0.1) is 0 Å². The van der Waals surface area contributed by atoms with Gasteiger partial charge in [0, 0.05) is 29.4 Å². The fraction of sp³-hybridized carbons (Fsp3) is 0.121. The van der Waals surface area contributed by atoms with E-state index < -0.39 is 0 Å². The van der Waals surface area contributed by atoms with Crippen LogP contribution in [0.15, 0.2) is 103 Å². The third-order valence-electron chi connectivity index (χ3n) is 6.73. The number of nitrogens with zero attached hydrogens (tertiary/aromatic N) is 4. The average Bonchev–Trinajstić information content (AvgIpc) is 3.27. The van der Waals surface area contributed by atoms with Gasteiger partial charge in [-0.2, -0.15) is 0 Å². The standard InChI is InChI=1S/C33H26N4O/c1-33(2,3)23-16-18-36-31(20-23)37-30-21-25(14-15-26(30)27-11-8-13-29(34-4)32(27)37)38-24-10-7-9-22(19-24)28-12-5-6-17-35-28/h5-21H,1-3H3. The fourth-order valence-corrected chi connectivity index (χ4v) is 4.82. The molecule has 0 aliphatic rings. The van der Waals surface area contributed by atoms with Gasteiger partial charge >= 0.3 is 0 Å². The Morgan fingerprint density at radius 1 is 0.763 bits per heavy atom. The van der Waals surface area contributed by atoms with E-state index in [4.69, 9.17) is 16.3 Å². The summed E-state index contributed by atoms with van der Waals surface area (Å²) in [5.41, 5.74) is 5.40. The van der Waals surface area contributed by atoms with Crippen LogP contribution in [-0.2, 0) is 5.41 Å². The number of fused-ring (bicyclic) bond motifs is 3. The highest BCUT2D eigenvalue weighted by molar-refractivity contribution is 6.13. The van der Waals surface area contributed by atoms with E-state index >= 15 is 0 Å². The number of ether oxygens (including phenoxy) is 1. The minimum absolute atomic E-state index is 0.0357. The predicted octanol–water partition coefficient (Wildman–Crippen LogP) is 8.88. The molecule has 0 N–H and O–H groups in total. The van der Waals surface area contributed by atoms with Crippen LogP contribution in [0.5, 0.6) is 11.5 Å². The third kappa shape index (κ3) is 4.16. The Bertz CT molecular complexity index is 1840. The van der Waals surface area contributed by atoms with Crippen molar-refractivity contribution in [3.8, 4) is 28.6 Å². The zero-order valence-electron chi connectivity index (χ0n) is 21.5. The van der Waals surface area contributed by atoms with Gasteiger partial charge < -0.3 is 9.30 Å². The maximum Gasteiger partial charge on any atom is 0.211 e. The second-order valence-corrected chi connectivity index (χ2v) is 10.3. The minimum atomic E-state index is -0.0357. The van der Waals surface area contributed by atoms with Gasteiger partial charge in [0.15, 0.2) is 0 Å². The van der Waals surface area contributed by atoms with Crippen molar-refractivity contribution in [2.45, 2.75) is 26.2 Å². The van der Waals surface area contributed by atoms with Gasteiger partial charge in [0.05, 0.1) is 23.3 Å². The van der Waals surface area contributed by atoms with Gasteiger partial charge in [-0.3, -0.25) is 4.98 Å². The summed E-state index contributed by atoms with van der Waals surface area (Å²) in [5, 5.41) is 2.06. The second kappa shape index (κ2) is 9.17. The molecule has 3 heterocycles. The molecule has 0 unspecified atom stereocenters. The van der Waals surface area contributed by atoms with Crippen LogP contribution in [0.2, 0.25) is 0 Å². The van der Waals surface area contributed by atoms with Crippen LogP contribution in [0.1, 0.15) is 26.3 Å². The van der Waals surface area contributed by atoms with Crippen molar-refractivity contribution in [2.24, 2.45) is 0 Å². The van der Waals surface area contributed by atoms with Crippen molar-refractivity contribution in [2.75, 3.05) is 0 Å². The summed E-state index contributed by atoms with van der Waals surface area (Å²) in [7, 11) is 0. The largest absolute Gasteiger partial charge is 0.457 e. The van der Waals surface area contributed by atoms with Crippen molar-refractivity contribution in [1.82, 2.24) is 14.5 Å². The molecular weight excluding hydrogens is 468 g/mol. The average molecular weight is 495 g/mol. The third-order valence-corrected chi connectivity index (χ3v) is 6.73. The summed E-state index contributed by atoms with van der Waals surface area (Å²) in [6.45, 7) is 14.4. The Morgan fingerprint density at radius 3 is 2.39 bits per heavy atom. The smallest absolute Gasteiger partial charge is 0.211 e. The lowest BCUT2D eigenvalue weighted by Gasteiger charge is -2.20. The predicted molar refractivity (Wildman–Crippen MR) is 153 cm³/mol. The van der Waals surface area contributed by atoms with Crippen LogP contribution in [-0.4, -0.2) is 14.5 Å². The maximum absolute atomic E-state index is 7.84. The maximum atomic E-state index is 7.84. The van der Waals surface area contributed by atoms with Crippen LogP contribution >= 0.6 is 0 Å². The van der Waals surface area contributed by atoms with Crippen molar-refractivity contribution in [1.29, 1.82) is 0 Å². The Hall–Kier alpha value is -4.95. The Kier molecular flexibility index (Phi) is 5.66. The van der Waals surface area contributed by atoms with Crippen LogP contribution in [0.3, 0.4) is 0 Å². The molecule has 0 aliphatic heterocycles. The van der Waals surface area contributed by atoms with E-state index in [1.165, 1.54) is 5.56 Å². The number of para-hydroxylation sites is 1. The Balaban J connectivity index is 1.52. The molecule has 0 aliphatic carbocycles. The minimum Gasteiger partial charge on any atom is -0.457 e. The Labute approximate surface area is 221 Å². The van der Waals surface area contributed by atoms with E-state index in [-0.39, 0.29) is 5.41 Å². The van der Waals surface area contributed by atoms with Crippen LogP contribution in [0.4, 0.5) is 5.69 Å². The van der Waals surface area contributed by atoms with Gasteiger partial charge in [-0.1, -0.05) is 57.2 Å². The fourth-order valence-electron chi connectivity index (χ4n) is 4.82. The molecule has 38 heavy (non-hydrogen) atoms. The lowest BCUT2D eigenvalue weighted by molar-refractivity contribution is 0.483. The molecule has 6 rings (SSSR count). The highest BCUT2D eigenvalue weighted by atomic mass is 16.5. The molecule has 0 bridgehead atoms. The normalized spacial score (nSPS) is 11.5. The molecule has 0 amide bonds. The molecule has 0 atom stereocenters. The van der Waals surface area contributed by atoms with E-state index in [0.29, 0.717) is 11.4 Å². The van der Waals surface area contributed by atoms with Crippen LogP contribution in [0, 0.1) is 6.57 Å². The van der Waals surface area contributed by atoms with Gasteiger partial charge in [0.25, 0.3) is 0 Å². The summed E-state index contributed by atoms with van der Waals surface area (Å²) >= 11 is 0. The second-order valence-electron chi connectivity index (χ2n) is 10.3. The first-order valence-electron chi connectivity index (χ1n) is 12.5. The molecule has 0 radical (unpaired) electrons. The van der Waals surface area contributed by atoms with Gasteiger partial charge in [-0.25, -0.2) is 9.83 Å². The Morgan fingerprint density at radius 2 is 1.61 bits per heavy atom. The van der Waals surface area contributed by atoms with E-state index in [0.717, 1.165) is 44.6 Å². The van der Waals surface area contributed by atoms with Crippen LogP contribution < -0.4 is 4.74 Å². The number of pyridine rings is 2. The zero-order chi connectivity index (χ0) is 26.3. The number of rotatable bonds is 4. The summed E-state index contributed by atoms with van der Waals surface area (Å²) in [6, 6.07) is 29.9. The first kappa shape index (κ1) is 23.4. The molecule has 5 nitrogen and oxygen atoms in total. The lowest BCUT2D eigenvalue weighted by Crippen LogP contribution is -2.12. The van der Waals surface area contributed by atoms with Crippen molar-refractivity contribution in [3.63, 3.8) is 0 Å². The molecule has 0 saturated carbocycles. The summed E-state index contributed by atoms with van der Waals surface area (Å²) in [5.74, 6) is 2.21. The summed E-state index contributed by atoms with van der Waals surface area (Å²) in [6.07, 6.45) is 3.63. The van der Waals surface area contributed by atoms with Crippen molar-refractivity contribution >= 4 is 27.5 Å². The van der Waals surface area contributed by atoms with Crippen molar-refractivity contribution < 1.29 is 4.74 Å². The molecule has 0 saturated heterocycles. The van der Waals surface area contributed by atoms with Gasteiger partial charge in [0.2, 0.25) is 5.69 Å². The molecule has 0 fully saturated rings. The van der Waals surface area contributed by atoms with Crippen LogP contribution in [0.25, 0.3) is 43.7 Å². The first-order chi connectivity index (χ1) is 18.4. The summed E-state index contributed by atoms with van der Waals surface area (Å²) < 4.78 is 8.44. The van der Waals surface area contributed by atoms with Gasteiger partial charge in [0.1, 0.15) is 17.3 Å². The molecule has 184 valence electrons. The molecular formula is C33H26N4O. The quantitative estimate of drug-likeness (QED) is 0.230. The topological polar surface area (TPSA) is 44.3 Å². The highest BCUT2D eigenvalue weighted by Gasteiger charge is 2.20. The molecule has 3 aromatic carbocycles. The van der Waals surface area contributed by atoms with E-state index in [9.17, 15) is 0 Å². The van der Waals surface area contributed by atoms with Crippen molar-refractivity contribution in [3.05, 3.63) is 120 Å². The monoisotopic (exact) mass is 494 g/mol. The number of benzene rings is 3.